The summed E-state index contributed by atoms with van der Waals surface area (Å²) in [7, 11) is 1.65. The predicted octanol–water partition coefficient (Wildman–Crippen LogP) is 1.38. The number of nitrogens with one attached hydrogen (secondary N) is 1. The maximum absolute atomic E-state index is 12.1. The van der Waals surface area contributed by atoms with E-state index in [2.05, 4.69) is 9.97 Å². The van der Waals surface area contributed by atoms with Crippen LogP contribution in [0.2, 0.25) is 0 Å². The molecule has 0 aromatic carbocycles. The Hall–Kier alpha value is -2.63. The number of carbonyl (C=O) groups excluding carboxylic acids is 1. The lowest BCUT2D eigenvalue weighted by molar-refractivity contribution is 0.0696. The molecular weight excluding hydrogens is 246 g/mol. The fraction of sp³-hybridized carbons (Fsp3) is 0.154. The molecule has 0 saturated heterocycles. The number of carboxylic acids is 1. The Morgan fingerprint density at radius 2 is 2.11 bits per heavy atom. The second kappa shape index (κ2) is 5.34. The van der Waals surface area contributed by atoms with Gasteiger partial charge < -0.3 is 15.0 Å². The van der Waals surface area contributed by atoms with E-state index < -0.39 is 5.97 Å². The summed E-state index contributed by atoms with van der Waals surface area (Å²) >= 11 is 0. The lowest BCUT2D eigenvalue weighted by Gasteiger charge is -2.16. The summed E-state index contributed by atoms with van der Waals surface area (Å²) in [4.78, 5) is 31.2. The summed E-state index contributed by atoms with van der Waals surface area (Å²) in [6.45, 7) is 0.420. The number of carbonyl (C=O) groups is 2. The molecule has 2 rings (SSSR count). The quantitative estimate of drug-likeness (QED) is 0.868. The summed E-state index contributed by atoms with van der Waals surface area (Å²) in [6.07, 6.45) is 4.35. The molecule has 0 bridgehead atoms. The average Bonchev–Trinajstić information content (AvgIpc) is 2.90. The van der Waals surface area contributed by atoms with E-state index in [-0.39, 0.29) is 17.0 Å². The van der Waals surface area contributed by atoms with Crippen molar-refractivity contribution in [3.8, 4) is 0 Å². The molecule has 0 atom stereocenters. The van der Waals surface area contributed by atoms with E-state index >= 15 is 0 Å². The molecule has 0 spiro atoms. The zero-order valence-electron chi connectivity index (χ0n) is 10.3. The fourth-order valence-corrected chi connectivity index (χ4v) is 1.69. The van der Waals surface area contributed by atoms with Crippen molar-refractivity contribution in [1.29, 1.82) is 0 Å². The van der Waals surface area contributed by atoms with Gasteiger partial charge in [-0.25, -0.2) is 4.79 Å². The zero-order chi connectivity index (χ0) is 13.8. The first kappa shape index (κ1) is 12.8. The molecule has 0 radical (unpaired) electrons. The van der Waals surface area contributed by atoms with Gasteiger partial charge in [0.1, 0.15) is 0 Å². The largest absolute Gasteiger partial charge is 0.478 e. The number of aromatic nitrogens is 2. The number of carboxylic acid groups (broad SMARTS) is 1. The number of hydrogen-bond acceptors (Lipinski definition) is 3. The Morgan fingerprint density at radius 1 is 1.37 bits per heavy atom. The van der Waals surface area contributed by atoms with Crippen LogP contribution in [0, 0.1) is 0 Å². The summed E-state index contributed by atoms with van der Waals surface area (Å²) < 4.78 is 0. The van der Waals surface area contributed by atoms with Gasteiger partial charge in [-0.3, -0.25) is 9.78 Å². The van der Waals surface area contributed by atoms with Gasteiger partial charge in [0.2, 0.25) is 0 Å². The first-order valence-electron chi connectivity index (χ1n) is 5.64. The Bertz CT molecular complexity index is 593. The van der Waals surface area contributed by atoms with Crippen molar-refractivity contribution < 1.29 is 14.7 Å². The van der Waals surface area contributed by atoms with Crippen molar-refractivity contribution in [3.05, 3.63) is 53.6 Å². The Kier molecular flexibility index (Phi) is 3.61. The van der Waals surface area contributed by atoms with E-state index in [9.17, 15) is 9.59 Å². The molecule has 6 nitrogen and oxygen atoms in total. The first-order chi connectivity index (χ1) is 9.08. The molecule has 0 fully saturated rings. The molecule has 6 heteroatoms. The topological polar surface area (TPSA) is 86.3 Å². The van der Waals surface area contributed by atoms with Gasteiger partial charge in [-0.05, 0) is 18.2 Å². The summed E-state index contributed by atoms with van der Waals surface area (Å²) in [5.74, 6) is -1.38. The highest BCUT2D eigenvalue weighted by Crippen LogP contribution is 2.08. The third-order valence-corrected chi connectivity index (χ3v) is 2.65. The van der Waals surface area contributed by atoms with Gasteiger partial charge in [-0.1, -0.05) is 0 Å². The SMILES string of the molecule is CN(Cc1ccc[nH]1)C(=O)c1cncc(C(=O)O)c1. The minimum absolute atomic E-state index is 0.000811. The highest BCUT2D eigenvalue weighted by molar-refractivity contribution is 5.96. The number of hydrogen-bond donors (Lipinski definition) is 2. The van der Waals surface area contributed by atoms with E-state index in [1.165, 1.54) is 23.4 Å². The van der Waals surface area contributed by atoms with Crippen LogP contribution in [0.4, 0.5) is 0 Å². The standard InChI is InChI=1S/C13H13N3O3/c1-16(8-11-3-2-4-15-11)12(17)9-5-10(13(18)19)7-14-6-9/h2-7,15H,8H2,1H3,(H,18,19). The van der Waals surface area contributed by atoms with Crippen LogP contribution in [0.15, 0.2) is 36.8 Å². The van der Waals surface area contributed by atoms with Crippen molar-refractivity contribution in [2.75, 3.05) is 7.05 Å². The van der Waals surface area contributed by atoms with Crippen LogP contribution >= 0.6 is 0 Å². The summed E-state index contributed by atoms with van der Waals surface area (Å²) in [5, 5.41) is 8.87. The molecule has 0 aliphatic carbocycles. The Morgan fingerprint density at radius 3 is 2.74 bits per heavy atom. The van der Waals surface area contributed by atoms with Crippen LogP contribution in [-0.2, 0) is 6.54 Å². The van der Waals surface area contributed by atoms with E-state index in [1.54, 1.807) is 13.2 Å². The molecule has 98 valence electrons. The van der Waals surface area contributed by atoms with Gasteiger partial charge in [0.25, 0.3) is 5.91 Å². The van der Waals surface area contributed by atoms with Gasteiger partial charge in [-0.15, -0.1) is 0 Å². The molecule has 0 unspecified atom stereocenters. The predicted molar refractivity (Wildman–Crippen MR) is 67.8 cm³/mol. The van der Waals surface area contributed by atoms with Crippen LogP contribution < -0.4 is 0 Å². The molecule has 1 amide bonds. The van der Waals surface area contributed by atoms with Gasteiger partial charge in [0, 0.05) is 31.3 Å². The number of H-pyrrole nitrogens is 1. The second-order valence-corrected chi connectivity index (χ2v) is 4.12. The van der Waals surface area contributed by atoms with E-state index in [0.717, 1.165) is 5.69 Å². The molecule has 2 N–H and O–H groups in total. The highest BCUT2D eigenvalue weighted by atomic mass is 16.4. The van der Waals surface area contributed by atoms with Crippen LogP contribution in [-0.4, -0.2) is 38.9 Å². The van der Waals surface area contributed by atoms with Gasteiger partial charge in [0.05, 0.1) is 17.7 Å². The van der Waals surface area contributed by atoms with Crippen LogP contribution in [0.5, 0.6) is 0 Å². The van der Waals surface area contributed by atoms with Crippen molar-refractivity contribution in [1.82, 2.24) is 14.9 Å². The molecule has 0 aliphatic rings. The molecular formula is C13H13N3O3. The minimum Gasteiger partial charge on any atom is -0.478 e. The van der Waals surface area contributed by atoms with E-state index in [1.807, 2.05) is 12.1 Å². The van der Waals surface area contributed by atoms with Crippen molar-refractivity contribution >= 4 is 11.9 Å². The van der Waals surface area contributed by atoms with Gasteiger partial charge in [0.15, 0.2) is 0 Å². The molecule has 2 aromatic heterocycles. The number of rotatable bonds is 4. The van der Waals surface area contributed by atoms with Crippen molar-refractivity contribution in [2.45, 2.75) is 6.54 Å². The van der Waals surface area contributed by atoms with Crippen LogP contribution in [0.3, 0.4) is 0 Å². The monoisotopic (exact) mass is 259 g/mol. The Balaban J connectivity index is 2.14. The molecule has 19 heavy (non-hydrogen) atoms. The number of pyridine rings is 1. The number of nitrogens with zero attached hydrogens (tertiary/aromatic N) is 2. The Labute approximate surface area is 109 Å². The highest BCUT2D eigenvalue weighted by Gasteiger charge is 2.14. The maximum atomic E-state index is 12.1. The summed E-state index contributed by atoms with van der Waals surface area (Å²) in [6, 6.07) is 5.04. The maximum Gasteiger partial charge on any atom is 0.337 e. The zero-order valence-corrected chi connectivity index (χ0v) is 10.3. The molecule has 0 aliphatic heterocycles. The van der Waals surface area contributed by atoms with Crippen molar-refractivity contribution in [2.24, 2.45) is 0 Å². The third kappa shape index (κ3) is 2.98. The molecule has 2 aromatic rings. The number of amides is 1. The lowest BCUT2D eigenvalue weighted by Crippen LogP contribution is -2.26. The average molecular weight is 259 g/mol. The fourth-order valence-electron chi connectivity index (χ4n) is 1.69. The third-order valence-electron chi connectivity index (χ3n) is 2.65. The smallest absolute Gasteiger partial charge is 0.337 e. The lowest BCUT2D eigenvalue weighted by atomic mass is 10.2. The van der Waals surface area contributed by atoms with Crippen molar-refractivity contribution in [3.63, 3.8) is 0 Å². The summed E-state index contributed by atoms with van der Waals surface area (Å²) in [5.41, 5.74) is 1.16. The minimum atomic E-state index is -1.10. The van der Waals surface area contributed by atoms with Crippen LogP contribution in [0.25, 0.3) is 0 Å². The molecule has 2 heterocycles. The van der Waals surface area contributed by atoms with E-state index in [4.69, 9.17) is 5.11 Å². The van der Waals surface area contributed by atoms with Crippen LogP contribution in [0.1, 0.15) is 26.4 Å². The number of aromatic amines is 1. The van der Waals surface area contributed by atoms with E-state index in [0.29, 0.717) is 6.54 Å². The van der Waals surface area contributed by atoms with Gasteiger partial charge >= 0.3 is 5.97 Å². The normalized spacial score (nSPS) is 10.2. The molecule has 0 saturated carbocycles. The second-order valence-electron chi connectivity index (χ2n) is 4.12. The number of aromatic carboxylic acids is 1. The van der Waals surface area contributed by atoms with Gasteiger partial charge in [-0.2, -0.15) is 0 Å². The first-order valence-corrected chi connectivity index (χ1v) is 5.64.